The van der Waals surface area contributed by atoms with E-state index < -0.39 is 0 Å². The molecule has 2 nitrogen and oxygen atoms in total. The summed E-state index contributed by atoms with van der Waals surface area (Å²) in [7, 11) is 0. The topological polar surface area (TPSA) is 38.9 Å². The van der Waals surface area contributed by atoms with Crippen LogP contribution in [-0.4, -0.2) is 4.98 Å². The molecule has 2 N–H and O–H groups in total. The molecular formula is C34H42N2. The van der Waals surface area contributed by atoms with E-state index in [9.17, 15) is 0 Å². The van der Waals surface area contributed by atoms with E-state index >= 15 is 0 Å². The number of fused-ring (bicyclic) bond motifs is 1. The Bertz CT molecular complexity index is 1200. The van der Waals surface area contributed by atoms with Crippen LogP contribution in [0.3, 0.4) is 0 Å². The lowest BCUT2D eigenvalue weighted by Crippen LogP contribution is -2.13. The van der Waals surface area contributed by atoms with E-state index in [1.807, 2.05) is 55.5 Å². The molecule has 0 saturated heterocycles. The first-order valence-corrected chi connectivity index (χ1v) is 12.9. The fraction of sp³-hybridized carbons (Fsp3) is 0.265. The minimum atomic E-state index is -0.221. The molecule has 1 aromatic heterocycles. The molecule has 4 aromatic rings. The molecule has 0 aliphatic carbocycles. The van der Waals surface area contributed by atoms with Crippen LogP contribution < -0.4 is 5.73 Å². The highest BCUT2D eigenvalue weighted by molar-refractivity contribution is 5.95. The third-order valence-electron chi connectivity index (χ3n) is 5.44. The Morgan fingerprint density at radius 3 is 2.08 bits per heavy atom. The van der Waals surface area contributed by atoms with Crippen molar-refractivity contribution < 1.29 is 0 Å². The highest BCUT2D eigenvalue weighted by Crippen LogP contribution is 2.28. The molecule has 0 bridgehead atoms. The minimum Gasteiger partial charge on any atom is -0.319 e. The Hall–Kier alpha value is -3.49. The Morgan fingerprint density at radius 1 is 0.806 bits per heavy atom. The first-order chi connectivity index (χ1) is 17.4. The maximum atomic E-state index is 6.41. The second kappa shape index (κ2) is 15.5. The van der Waals surface area contributed by atoms with Crippen LogP contribution in [0.5, 0.6) is 0 Å². The quantitative estimate of drug-likeness (QED) is 0.280. The second-order valence-corrected chi connectivity index (χ2v) is 9.57. The predicted molar refractivity (Wildman–Crippen MR) is 159 cm³/mol. The van der Waals surface area contributed by atoms with Gasteiger partial charge in [-0.15, -0.1) is 6.58 Å². The Kier molecular flexibility index (Phi) is 12.4. The summed E-state index contributed by atoms with van der Waals surface area (Å²) in [5, 5.41) is 2.42. The standard InChI is InChI=1S/C22H18N2.C9H18.C3H6/c23-22(17-9-2-1-3-10-17)21-15-7-14-20(24-21)19-13-6-11-16-8-4-5-12-18(16)19;1-8(2)6-5-7-9(3)4;1-3-2/h1-15,22H,23H2;5-6,8-9H,7H2,1-4H3;3H,1H2,2H3/b;6-5+;. The zero-order valence-corrected chi connectivity index (χ0v) is 22.6. The molecular weight excluding hydrogens is 436 g/mol. The lowest BCUT2D eigenvalue weighted by molar-refractivity contribution is 0.659. The number of benzene rings is 3. The van der Waals surface area contributed by atoms with Gasteiger partial charge in [-0.2, -0.15) is 0 Å². The maximum absolute atomic E-state index is 6.41. The fourth-order valence-electron chi connectivity index (χ4n) is 3.68. The van der Waals surface area contributed by atoms with E-state index in [-0.39, 0.29) is 6.04 Å². The summed E-state index contributed by atoms with van der Waals surface area (Å²) >= 11 is 0. The van der Waals surface area contributed by atoms with Gasteiger partial charge in [-0.1, -0.05) is 125 Å². The Labute approximate surface area is 218 Å². The van der Waals surface area contributed by atoms with E-state index in [1.54, 1.807) is 6.08 Å². The van der Waals surface area contributed by atoms with Gasteiger partial charge >= 0.3 is 0 Å². The normalized spacial score (nSPS) is 11.6. The van der Waals surface area contributed by atoms with Crippen LogP contribution >= 0.6 is 0 Å². The van der Waals surface area contributed by atoms with Gasteiger partial charge in [0.15, 0.2) is 0 Å². The summed E-state index contributed by atoms with van der Waals surface area (Å²) in [4.78, 5) is 4.84. The molecule has 0 aliphatic rings. The third-order valence-corrected chi connectivity index (χ3v) is 5.44. The van der Waals surface area contributed by atoms with Gasteiger partial charge < -0.3 is 5.73 Å². The average Bonchev–Trinajstić information content (AvgIpc) is 2.89. The minimum absolute atomic E-state index is 0.221. The molecule has 36 heavy (non-hydrogen) atoms. The van der Waals surface area contributed by atoms with Crippen molar-refractivity contribution in [2.45, 2.75) is 47.1 Å². The number of nitrogens with zero attached hydrogens (tertiary/aromatic N) is 1. The van der Waals surface area contributed by atoms with Crippen LogP contribution in [0.4, 0.5) is 0 Å². The number of hydrogen-bond acceptors (Lipinski definition) is 2. The van der Waals surface area contributed by atoms with Crippen molar-refractivity contribution in [1.82, 2.24) is 4.98 Å². The smallest absolute Gasteiger partial charge is 0.0726 e. The Balaban J connectivity index is 0.000000322. The van der Waals surface area contributed by atoms with Gasteiger partial charge in [0.05, 0.1) is 17.4 Å². The number of aromatic nitrogens is 1. The van der Waals surface area contributed by atoms with Crippen LogP contribution in [0.2, 0.25) is 0 Å². The molecule has 0 spiro atoms. The average molecular weight is 479 g/mol. The second-order valence-electron chi connectivity index (χ2n) is 9.57. The molecule has 1 atom stereocenters. The molecule has 1 heterocycles. The van der Waals surface area contributed by atoms with E-state index in [4.69, 9.17) is 10.7 Å². The van der Waals surface area contributed by atoms with Crippen molar-refractivity contribution in [3.8, 4) is 11.3 Å². The van der Waals surface area contributed by atoms with Gasteiger partial charge in [0.1, 0.15) is 0 Å². The lowest BCUT2D eigenvalue weighted by atomic mass is 10.00. The van der Waals surface area contributed by atoms with Gasteiger partial charge in [-0.25, -0.2) is 0 Å². The van der Waals surface area contributed by atoms with Gasteiger partial charge in [0.2, 0.25) is 0 Å². The van der Waals surface area contributed by atoms with Crippen molar-refractivity contribution in [3.05, 3.63) is 127 Å². The first kappa shape index (κ1) is 28.7. The monoisotopic (exact) mass is 478 g/mol. The van der Waals surface area contributed by atoms with Gasteiger partial charge in [0, 0.05) is 5.56 Å². The van der Waals surface area contributed by atoms with E-state index in [2.05, 4.69) is 88.9 Å². The van der Waals surface area contributed by atoms with E-state index in [0.717, 1.165) is 28.4 Å². The highest BCUT2D eigenvalue weighted by atomic mass is 14.8. The zero-order valence-electron chi connectivity index (χ0n) is 22.6. The molecule has 3 aromatic carbocycles. The van der Waals surface area contributed by atoms with Gasteiger partial charge in [0.25, 0.3) is 0 Å². The van der Waals surface area contributed by atoms with Crippen LogP contribution in [0, 0.1) is 11.8 Å². The summed E-state index contributed by atoms with van der Waals surface area (Å²) in [5.74, 6) is 1.52. The number of nitrogens with two attached hydrogens (primary N) is 1. The molecule has 188 valence electrons. The Morgan fingerprint density at radius 2 is 1.42 bits per heavy atom. The van der Waals surface area contributed by atoms with Crippen LogP contribution in [-0.2, 0) is 0 Å². The summed E-state index contributed by atoms with van der Waals surface area (Å²) in [6.45, 7) is 14.1. The van der Waals surface area contributed by atoms with Crippen LogP contribution in [0.15, 0.2) is 116 Å². The molecule has 0 saturated carbocycles. The summed E-state index contributed by atoms with van der Waals surface area (Å²) in [5.41, 5.74) is 10.5. The maximum Gasteiger partial charge on any atom is 0.0726 e. The summed E-state index contributed by atoms with van der Waals surface area (Å²) < 4.78 is 0. The number of rotatable bonds is 6. The number of hydrogen-bond donors (Lipinski definition) is 1. The van der Waals surface area contributed by atoms with Gasteiger partial charge in [-0.05, 0) is 53.6 Å². The largest absolute Gasteiger partial charge is 0.319 e. The molecule has 0 aliphatic heterocycles. The molecule has 2 heteroatoms. The fourth-order valence-corrected chi connectivity index (χ4v) is 3.68. The third kappa shape index (κ3) is 9.28. The van der Waals surface area contributed by atoms with Gasteiger partial charge in [-0.3, -0.25) is 4.98 Å². The van der Waals surface area contributed by atoms with Crippen molar-refractivity contribution in [3.63, 3.8) is 0 Å². The number of allylic oxidation sites excluding steroid dienone is 3. The van der Waals surface area contributed by atoms with Crippen LogP contribution in [0.1, 0.15) is 58.3 Å². The van der Waals surface area contributed by atoms with Crippen molar-refractivity contribution in [2.24, 2.45) is 17.6 Å². The van der Waals surface area contributed by atoms with Crippen molar-refractivity contribution in [1.29, 1.82) is 0 Å². The zero-order chi connectivity index (χ0) is 26.3. The molecule has 0 amide bonds. The molecule has 4 rings (SSSR count). The molecule has 0 radical (unpaired) electrons. The summed E-state index contributed by atoms with van der Waals surface area (Å²) in [6, 6.07) is 30.6. The van der Waals surface area contributed by atoms with E-state index in [0.29, 0.717) is 5.92 Å². The van der Waals surface area contributed by atoms with E-state index in [1.165, 1.54) is 17.2 Å². The lowest BCUT2D eigenvalue weighted by Gasteiger charge is -2.13. The predicted octanol–water partition coefficient (Wildman–Crippen LogP) is 9.39. The summed E-state index contributed by atoms with van der Waals surface area (Å²) in [6.07, 6.45) is 7.51. The van der Waals surface area contributed by atoms with Crippen molar-refractivity contribution >= 4 is 10.8 Å². The highest BCUT2D eigenvalue weighted by Gasteiger charge is 2.12. The molecule has 1 unspecified atom stereocenters. The first-order valence-electron chi connectivity index (χ1n) is 12.9. The molecule has 0 fully saturated rings. The van der Waals surface area contributed by atoms with Crippen LogP contribution in [0.25, 0.3) is 22.0 Å². The SMILES string of the molecule is C=CC.CC(C)/C=C/CC(C)C.NC(c1ccccc1)c1cccc(-c2cccc3ccccc23)n1. The van der Waals surface area contributed by atoms with Crippen molar-refractivity contribution in [2.75, 3.05) is 0 Å². The number of pyridine rings is 1.